The highest BCUT2D eigenvalue weighted by atomic mass is 16.4. The molecule has 0 aromatic rings. The third kappa shape index (κ3) is 9.70. The maximum absolute atomic E-state index is 13.0. The summed E-state index contributed by atoms with van der Waals surface area (Å²) in [6.45, 7) is -0.433. The Bertz CT molecular complexity index is 1050. The molecular weight excluding hydrogens is 544 g/mol. The average molecular weight is 583 g/mol. The number of hydrogen-bond donors (Lipinski definition) is 7. The number of likely N-dealkylation sites (tertiary alicyclic amines) is 2. The van der Waals surface area contributed by atoms with Crippen LogP contribution in [-0.4, -0.2) is 113 Å². The van der Waals surface area contributed by atoms with Crippen LogP contribution in [0, 0.1) is 0 Å². The third-order valence-electron chi connectivity index (χ3n) is 6.90. The van der Waals surface area contributed by atoms with Crippen LogP contribution in [0.2, 0.25) is 0 Å². The molecule has 0 aromatic carbocycles. The second-order valence-corrected chi connectivity index (χ2v) is 9.92. The standard InChI is InChI=1S/C24H38N8O9/c25-11-19(35)31-7-3-1-5-15(31)22(38)29-13(9-17(26)33)21(37)28-12-20(36)32-8-4-2-6-16(32)23(39)30-14(24(40)41)10-18(27)34/h13-16H,1-12,25H2,(H2,26,33)(H2,27,34)(H,28,37)(H,29,38)(H,30,39)(H,40,41)/t13-,14-,15-,16-/m0/s1. The van der Waals surface area contributed by atoms with E-state index in [1.165, 1.54) is 9.80 Å². The van der Waals surface area contributed by atoms with Crippen LogP contribution in [-0.2, 0) is 38.4 Å². The number of carboxylic acids is 1. The fourth-order valence-electron chi connectivity index (χ4n) is 4.86. The summed E-state index contributed by atoms with van der Waals surface area (Å²) in [4.78, 5) is 100. The zero-order valence-corrected chi connectivity index (χ0v) is 22.6. The van der Waals surface area contributed by atoms with Crippen molar-refractivity contribution in [2.24, 2.45) is 17.2 Å². The minimum atomic E-state index is -1.57. The van der Waals surface area contributed by atoms with Crippen LogP contribution in [0.25, 0.3) is 0 Å². The maximum atomic E-state index is 13.0. The molecule has 4 atom stereocenters. The van der Waals surface area contributed by atoms with Gasteiger partial charge in [0, 0.05) is 13.1 Å². The van der Waals surface area contributed by atoms with E-state index in [-0.39, 0.29) is 19.5 Å². The molecule has 0 spiro atoms. The molecule has 0 saturated carbocycles. The Morgan fingerprint density at radius 2 is 1.20 bits per heavy atom. The lowest BCUT2D eigenvalue weighted by molar-refractivity contribution is -0.147. The normalized spacial score (nSPS) is 20.2. The molecule has 2 aliphatic rings. The number of nitrogens with one attached hydrogen (secondary N) is 3. The molecule has 41 heavy (non-hydrogen) atoms. The summed E-state index contributed by atoms with van der Waals surface area (Å²) in [6.07, 6.45) is 1.80. The summed E-state index contributed by atoms with van der Waals surface area (Å²) in [5.41, 5.74) is 15.7. The topological polar surface area (TPSA) is 277 Å². The predicted octanol–water partition coefficient (Wildman–Crippen LogP) is -4.37. The minimum Gasteiger partial charge on any atom is -0.480 e. The Balaban J connectivity index is 2.05. The van der Waals surface area contributed by atoms with Gasteiger partial charge in [-0.15, -0.1) is 0 Å². The molecule has 0 aromatic heterocycles. The monoisotopic (exact) mass is 582 g/mol. The summed E-state index contributed by atoms with van der Waals surface area (Å²) in [5.74, 6) is -6.75. The van der Waals surface area contributed by atoms with Crippen LogP contribution in [0.3, 0.4) is 0 Å². The Morgan fingerprint density at radius 1 is 0.732 bits per heavy atom. The zero-order chi connectivity index (χ0) is 30.7. The van der Waals surface area contributed by atoms with Gasteiger partial charge in [-0.3, -0.25) is 33.6 Å². The van der Waals surface area contributed by atoms with Crippen LogP contribution in [0.5, 0.6) is 0 Å². The highest BCUT2D eigenvalue weighted by Gasteiger charge is 2.36. The molecule has 0 aliphatic carbocycles. The molecule has 17 nitrogen and oxygen atoms in total. The summed E-state index contributed by atoms with van der Waals surface area (Å²) >= 11 is 0. The molecular formula is C24H38N8O9. The number of amides is 7. The molecule has 2 saturated heterocycles. The van der Waals surface area contributed by atoms with Gasteiger partial charge >= 0.3 is 5.97 Å². The Morgan fingerprint density at radius 3 is 1.66 bits per heavy atom. The van der Waals surface area contributed by atoms with Gasteiger partial charge in [0.1, 0.15) is 24.2 Å². The van der Waals surface area contributed by atoms with Crippen LogP contribution >= 0.6 is 0 Å². The van der Waals surface area contributed by atoms with Gasteiger partial charge in [0.15, 0.2) is 0 Å². The van der Waals surface area contributed by atoms with Gasteiger partial charge in [0.2, 0.25) is 41.4 Å². The molecule has 2 rings (SSSR count). The van der Waals surface area contributed by atoms with E-state index in [1.807, 2.05) is 0 Å². The number of nitrogens with two attached hydrogens (primary N) is 3. The first-order valence-electron chi connectivity index (χ1n) is 13.3. The van der Waals surface area contributed by atoms with E-state index >= 15 is 0 Å². The second-order valence-electron chi connectivity index (χ2n) is 9.92. The lowest BCUT2D eigenvalue weighted by atomic mass is 10.00. The lowest BCUT2D eigenvalue weighted by Gasteiger charge is -2.36. The van der Waals surface area contributed by atoms with Crippen LogP contribution in [0.1, 0.15) is 51.4 Å². The molecule has 17 heteroatoms. The van der Waals surface area contributed by atoms with E-state index in [2.05, 4.69) is 16.0 Å². The van der Waals surface area contributed by atoms with E-state index in [9.17, 15) is 43.5 Å². The van der Waals surface area contributed by atoms with Crippen molar-refractivity contribution in [2.45, 2.75) is 75.5 Å². The maximum Gasteiger partial charge on any atom is 0.326 e. The van der Waals surface area contributed by atoms with E-state index in [4.69, 9.17) is 17.2 Å². The van der Waals surface area contributed by atoms with Gasteiger partial charge in [-0.2, -0.15) is 0 Å². The number of hydrogen-bond acceptors (Lipinski definition) is 9. The molecule has 228 valence electrons. The van der Waals surface area contributed by atoms with E-state index < -0.39 is 90.9 Å². The first-order valence-corrected chi connectivity index (χ1v) is 13.3. The van der Waals surface area contributed by atoms with Crippen LogP contribution in [0.4, 0.5) is 0 Å². The molecule has 2 aliphatic heterocycles. The predicted molar refractivity (Wildman–Crippen MR) is 140 cm³/mol. The van der Waals surface area contributed by atoms with E-state index in [0.29, 0.717) is 38.6 Å². The van der Waals surface area contributed by atoms with Crippen molar-refractivity contribution >= 4 is 47.3 Å². The molecule has 10 N–H and O–H groups in total. The number of nitrogens with zero attached hydrogens (tertiary/aromatic N) is 2. The van der Waals surface area contributed by atoms with Gasteiger partial charge in [-0.05, 0) is 38.5 Å². The van der Waals surface area contributed by atoms with Gasteiger partial charge < -0.3 is 48.1 Å². The number of carbonyl (C=O) groups is 8. The van der Waals surface area contributed by atoms with Crippen molar-refractivity contribution in [3.05, 3.63) is 0 Å². The van der Waals surface area contributed by atoms with Crippen molar-refractivity contribution < 1.29 is 43.5 Å². The number of rotatable bonds is 13. The first kappa shape index (κ1) is 32.9. The van der Waals surface area contributed by atoms with Crippen molar-refractivity contribution in [3.63, 3.8) is 0 Å². The summed E-state index contributed by atoms with van der Waals surface area (Å²) in [7, 11) is 0. The number of piperidine rings is 2. The summed E-state index contributed by atoms with van der Waals surface area (Å²) < 4.78 is 0. The highest BCUT2D eigenvalue weighted by molar-refractivity contribution is 5.97. The van der Waals surface area contributed by atoms with Gasteiger partial charge in [0.25, 0.3) is 0 Å². The lowest BCUT2D eigenvalue weighted by Crippen LogP contribution is -2.59. The van der Waals surface area contributed by atoms with Crippen molar-refractivity contribution in [1.29, 1.82) is 0 Å². The van der Waals surface area contributed by atoms with Crippen LogP contribution < -0.4 is 33.2 Å². The molecule has 0 radical (unpaired) electrons. The third-order valence-corrected chi connectivity index (χ3v) is 6.90. The average Bonchev–Trinajstić information content (AvgIpc) is 2.93. The fraction of sp³-hybridized carbons (Fsp3) is 0.667. The van der Waals surface area contributed by atoms with Crippen LogP contribution in [0.15, 0.2) is 0 Å². The quantitative estimate of drug-likeness (QED) is 0.109. The Hall–Kier alpha value is -4.28. The number of aliphatic carboxylic acids is 1. The molecule has 2 heterocycles. The fourth-order valence-corrected chi connectivity index (χ4v) is 4.86. The zero-order valence-electron chi connectivity index (χ0n) is 22.6. The van der Waals surface area contributed by atoms with E-state index in [1.54, 1.807) is 0 Å². The highest BCUT2D eigenvalue weighted by Crippen LogP contribution is 2.19. The summed E-state index contributed by atoms with van der Waals surface area (Å²) in [5, 5.41) is 16.3. The molecule has 0 unspecified atom stereocenters. The first-order chi connectivity index (χ1) is 19.3. The van der Waals surface area contributed by atoms with Crippen molar-refractivity contribution in [1.82, 2.24) is 25.8 Å². The molecule has 7 amide bonds. The van der Waals surface area contributed by atoms with Gasteiger partial charge in [-0.1, -0.05) is 0 Å². The SMILES string of the molecule is NCC(=O)N1CCCC[C@H]1C(=O)N[C@@H](CC(N)=O)C(=O)NCC(=O)N1CCCC[C@H]1C(=O)N[C@@H](CC(N)=O)C(=O)O. The number of carboxylic acid groups (broad SMARTS) is 1. The van der Waals surface area contributed by atoms with Gasteiger partial charge in [-0.25, -0.2) is 4.79 Å². The number of carbonyl (C=O) groups excluding carboxylic acids is 7. The Kier molecular flexibility index (Phi) is 12.4. The van der Waals surface area contributed by atoms with Crippen molar-refractivity contribution in [3.8, 4) is 0 Å². The van der Waals surface area contributed by atoms with Crippen molar-refractivity contribution in [2.75, 3.05) is 26.2 Å². The molecule has 0 bridgehead atoms. The van der Waals surface area contributed by atoms with E-state index in [0.717, 1.165) is 0 Å². The summed E-state index contributed by atoms with van der Waals surface area (Å²) in [6, 6.07) is -4.95. The minimum absolute atomic E-state index is 0.147. The molecule has 2 fully saturated rings. The smallest absolute Gasteiger partial charge is 0.326 e. The van der Waals surface area contributed by atoms with Gasteiger partial charge in [0.05, 0.1) is 25.9 Å². The Labute approximate surface area is 235 Å². The second kappa shape index (κ2) is 15.5. The number of primary amides is 2. The largest absolute Gasteiger partial charge is 0.480 e.